The molecule has 2 aromatic heterocycles. The summed E-state index contributed by atoms with van der Waals surface area (Å²) < 4.78 is 16.4. The number of para-hydroxylation sites is 1. The molecular weight excluding hydrogens is 465 g/mol. The predicted octanol–water partition coefficient (Wildman–Crippen LogP) is 4.17. The van der Waals surface area contributed by atoms with Gasteiger partial charge in [0.1, 0.15) is 11.5 Å². The molecule has 1 aromatic carbocycles. The normalized spacial score (nSPS) is 10.8. The summed E-state index contributed by atoms with van der Waals surface area (Å²) in [4.78, 5) is 25.8. The summed E-state index contributed by atoms with van der Waals surface area (Å²) in [6, 6.07) is 11.4. The summed E-state index contributed by atoms with van der Waals surface area (Å²) in [6.07, 6.45) is 0. The first-order valence-electron chi connectivity index (χ1n) is 8.42. The summed E-state index contributed by atoms with van der Waals surface area (Å²) in [5.41, 5.74) is -0.101. The lowest BCUT2D eigenvalue weighted by atomic mass is 10.2. The zero-order valence-corrected chi connectivity index (χ0v) is 18.2. The number of thioether (sulfide) groups is 1. The van der Waals surface area contributed by atoms with E-state index in [1.165, 1.54) is 21.7 Å². The van der Waals surface area contributed by atoms with Gasteiger partial charge in [-0.3, -0.25) is 9.59 Å². The number of amides is 1. The van der Waals surface area contributed by atoms with Crippen LogP contribution >= 0.6 is 39.0 Å². The van der Waals surface area contributed by atoms with Crippen molar-refractivity contribution in [2.24, 2.45) is 0 Å². The number of benzene rings is 1. The molecule has 0 spiro atoms. The molecule has 1 N–H and O–H groups in total. The molecule has 146 valence electrons. The lowest BCUT2D eigenvalue weighted by Crippen LogP contribution is -2.33. The molecule has 0 radical (unpaired) electrons. The van der Waals surface area contributed by atoms with E-state index in [1.54, 1.807) is 48.2 Å². The van der Waals surface area contributed by atoms with E-state index in [9.17, 15) is 14.0 Å². The Morgan fingerprint density at radius 2 is 2.11 bits per heavy atom. The van der Waals surface area contributed by atoms with E-state index in [-0.39, 0.29) is 11.4 Å². The highest BCUT2D eigenvalue weighted by molar-refractivity contribution is 9.11. The molecule has 3 rings (SSSR count). The number of thiophene rings is 1. The first-order valence-corrected chi connectivity index (χ1v) is 11.2. The number of halogens is 2. The summed E-state index contributed by atoms with van der Waals surface area (Å²) in [5, 5.41) is 6.80. The molecule has 0 aliphatic carbocycles. The van der Waals surface area contributed by atoms with Crippen LogP contribution < -0.4 is 10.7 Å². The number of hydrogen-bond acceptors (Lipinski definition) is 5. The van der Waals surface area contributed by atoms with E-state index in [0.717, 1.165) is 9.54 Å². The predicted molar refractivity (Wildman–Crippen MR) is 115 cm³/mol. The van der Waals surface area contributed by atoms with Crippen molar-refractivity contribution in [2.75, 3.05) is 12.3 Å². The number of nitrogens with one attached hydrogen (secondary N) is 1. The Labute approximate surface area is 178 Å². The van der Waals surface area contributed by atoms with Crippen LogP contribution in [0.5, 0.6) is 0 Å². The first-order chi connectivity index (χ1) is 13.5. The molecule has 0 saturated carbocycles. The standard InChI is InChI=1S/C19H17BrFN3O2S2/c1-12-10-16(25)18(23-24(12)15-5-3-2-4-14(15)21)19(26)22-8-9-27-11-13-6-7-17(20)28-13/h2-7,10H,8-9,11H2,1H3,(H,22,26). The van der Waals surface area contributed by atoms with Crippen LogP contribution in [0, 0.1) is 12.7 Å². The highest BCUT2D eigenvalue weighted by atomic mass is 79.9. The van der Waals surface area contributed by atoms with Crippen molar-refractivity contribution in [1.29, 1.82) is 0 Å². The van der Waals surface area contributed by atoms with Gasteiger partial charge in [-0.2, -0.15) is 16.9 Å². The molecule has 0 bridgehead atoms. The maximum atomic E-state index is 14.1. The van der Waals surface area contributed by atoms with Crippen molar-refractivity contribution < 1.29 is 9.18 Å². The van der Waals surface area contributed by atoms with Gasteiger partial charge in [-0.1, -0.05) is 12.1 Å². The third-order valence-electron chi connectivity index (χ3n) is 3.81. The Balaban J connectivity index is 1.64. The van der Waals surface area contributed by atoms with Gasteiger partial charge in [0.15, 0.2) is 5.69 Å². The maximum absolute atomic E-state index is 14.1. The van der Waals surface area contributed by atoms with Gasteiger partial charge in [0, 0.05) is 34.7 Å². The van der Waals surface area contributed by atoms with Gasteiger partial charge in [0.2, 0.25) is 5.43 Å². The lowest BCUT2D eigenvalue weighted by Gasteiger charge is -2.12. The van der Waals surface area contributed by atoms with E-state index >= 15 is 0 Å². The summed E-state index contributed by atoms with van der Waals surface area (Å²) >= 11 is 6.79. The molecule has 28 heavy (non-hydrogen) atoms. The van der Waals surface area contributed by atoms with E-state index < -0.39 is 17.2 Å². The number of nitrogens with zero attached hydrogens (tertiary/aromatic N) is 2. The molecule has 0 fully saturated rings. The van der Waals surface area contributed by atoms with Gasteiger partial charge in [0.05, 0.1) is 3.79 Å². The van der Waals surface area contributed by atoms with Crippen molar-refractivity contribution in [3.63, 3.8) is 0 Å². The average Bonchev–Trinajstić information content (AvgIpc) is 3.07. The smallest absolute Gasteiger partial charge is 0.275 e. The SMILES string of the molecule is Cc1cc(=O)c(C(=O)NCCSCc2ccc(Br)s2)nn1-c1ccccc1F. The Morgan fingerprint density at radius 1 is 1.32 bits per heavy atom. The molecule has 0 aliphatic rings. The minimum absolute atomic E-state index is 0.187. The Morgan fingerprint density at radius 3 is 2.82 bits per heavy atom. The Hall–Kier alpha value is -1.97. The molecule has 2 heterocycles. The molecule has 0 unspecified atom stereocenters. The average molecular weight is 482 g/mol. The Kier molecular flexibility index (Phi) is 7.03. The molecule has 0 atom stereocenters. The first kappa shape index (κ1) is 20.8. The fraction of sp³-hybridized carbons (Fsp3) is 0.211. The van der Waals surface area contributed by atoms with Crippen molar-refractivity contribution in [3.8, 4) is 5.69 Å². The fourth-order valence-electron chi connectivity index (χ4n) is 2.49. The summed E-state index contributed by atoms with van der Waals surface area (Å²) in [7, 11) is 0. The van der Waals surface area contributed by atoms with Gasteiger partial charge < -0.3 is 5.32 Å². The highest BCUT2D eigenvalue weighted by Crippen LogP contribution is 2.25. The minimum atomic E-state index is -0.561. The number of aryl methyl sites for hydroxylation is 1. The van der Waals surface area contributed by atoms with Gasteiger partial charge in [-0.05, 0) is 47.1 Å². The van der Waals surface area contributed by atoms with Crippen LogP contribution in [-0.4, -0.2) is 28.0 Å². The third-order valence-corrected chi connectivity index (χ3v) is 6.62. The van der Waals surface area contributed by atoms with Gasteiger partial charge in [-0.15, -0.1) is 11.3 Å². The second kappa shape index (κ2) is 9.49. The molecule has 3 aromatic rings. The van der Waals surface area contributed by atoms with E-state index in [2.05, 4.69) is 32.4 Å². The van der Waals surface area contributed by atoms with Gasteiger partial charge in [0.25, 0.3) is 5.91 Å². The van der Waals surface area contributed by atoms with Crippen molar-refractivity contribution >= 4 is 44.9 Å². The van der Waals surface area contributed by atoms with Crippen LogP contribution in [-0.2, 0) is 5.75 Å². The number of aromatic nitrogens is 2. The molecule has 1 amide bonds. The van der Waals surface area contributed by atoms with E-state index in [0.29, 0.717) is 18.0 Å². The Bertz CT molecular complexity index is 1050. The van der Waals surface area contributed by atoms with Crippen LogP contribution in [0.15, 0.2) is 51.0 Å². The quantitative estimate of drug-likeness (QED) is 0.514. The monoisotopic (exact) mass is 481 g/mol. The molecule has 5 nitrogen and oxygen atoms in total. The zero-order valence-electron chi connectivity index (χ0n) is 14.9. The second-order valence-corrected chi connectivity index (χ2v) is 9.53. The minimum Gasteiger partial charge on any atom is -0.350 e. The summed E-state index contributed by atoms with van der Waals surface area (Å²) in [5.74, 6) is 0.517. The van der Waals surface area contributed by atoms with Crippen molar-refractivity contribution in [3.05, 3.63) is 78.6 Å². The third kappa shape index (κ3) is 5.09. The lowest BCUT2D eigenvalue weighted by molar-refractivity contribution is 0.0948. The molecule has 9 heteroatoms. The van der Waals surface area contributed by atoms with Crippen LogP contribution in [0.25, 0.3) is 5.69 Å². The summed E-state index contributed by atoms with van der Waals surface area (Å²) in [6.45, 7) is 2.05. The van der Waals surface area contributed by atoms with Crippen LogP contribution in [0.1, 0.15) is 21.1 Å². The second-order valence-electron chi connectivity index (χ2n) is 5.88. The molecular formula is C19H17BrFN3O2S2. The number of rotatable bonds is 7. The van der Waals surface area contributed by atoms with Gasteiger partial charge >= 0.3 is 0 Å². The number of carbonyl (C=O) groups excluding carboxylic acids is 1. The van der Waals surface area contributed by atoms with Crippen LogP contribution in [0.4, 0.5) is 4.39 Å². The number of hydrogen-bond donors (Lipinski definition) is 1. The van der Waals surface area contributed by atoms with Crippen molar-refractivity contribution in [2.45, 2.75) is 12.7 Å². The van der Waals surface area contributed by atoms with Crippen LogP contribution in [0.2, 0.25) is 0 Å². The number of carbonyl (C=O) groups is 1. The van der Waals surface area contributed by atoms with Gasteiger partial charge in [-0.25, -0.2) is 9.07 Å². The zero-order chi connectivity index (χ0) is 20.1. The largest absolute Gasteiger partial charge is 0.350 e. The highest BCUT2D eigenvalue weighted by Gasteiger charge is 2.16. The van der Waals surface area contributed by atoms with Crippen LogP contribution in [0.3, 0.4) is 0 Å². The molecule has 0 saturated heterocycles. The van der Waals surface area contributed by atoms with Crippen molar-refractivity contribution in [1.82, 2.24) is 15.1 Å². The topological polar surface area (TPSA) is 64.0 Å². The fourth-order valence-corrected chi connectivity index (χ4v) is 4.95. The van der Waals surface area contributed by atoms with E-state index in [4.69, 9.17) is 0 Å². The molecule has 0 aliphatic heterocycles. The maximum Gasteiger partial charge on any atom is 0.275 e. The van der Waals surface area contributed by atoms with E-state index in [1.807, 2.05) is 6.07 Å².